The van der Waals surface area contributed by atoms with E-state index in [1.807, 2.05) is 6.07 Å². The lowest BCUT2D eigenvalue weighted by atomic mass is 9.71. The molecule has 3 heteroatoms. The van der Waals surface area contributed by atoms with Crippen LogP contribution in [0.1, 0.15) is 45.6 Å². The molecule has 1 fully saturated rings. The number of benzene rings is 1. The third-order valence-electron chi connectivity index (χ3n) is 4.91. The van der Waals surface area contributed by atoms with Crippen LogP contribution in [0.3, 0.4) is 0 Å². The Bertz CT molecular complexity index is 461. The maximum Gasteiger partial charge on any atom is 0.142 e. The summed E-state index contributed by atoms with van der Waals surface area (Å²) in [5, 5.41) is 3.83. The van der Waals surface area contributed by atoms with Gasteiger partial charge in [-0.05, 0) is 67.7 Å². The van der Waals surface area contributed by atoms with Crippen LogP contribution in [0.2, 0.25) is 5.02 Å². The fraction of sp³-hybridized carbons (Fsp3) is 0.667. The molecule has 0 heterocycles. The molecule has 1 aromatic carbocycles. The molecule has 1 aromatic rings. The molecule has 118 valence electrons. The molecule has 0 bridgehead atoms. The van der Waals surface area contributed by atoms with Crippen molar-refractivity contribution in [3.05, 3.63) is 34.6 Å². The van der Waals surface area contributed by atoms with Crippen molar-refractivity contribution in [1.82, 2.24) is 5.32 Å². The van der Waals surface area contributed by atoms with Gasteiger partial charge in [-0.15, -0.1) is 0 Å². The van der Waals surface area contributed by atoms with Crippen molar-refractivity contribution < 1.29 is 4.39 Å². The zero-order valence-electron chi connectivity index (χ0n) is 13.3. The molecular formula is C18H27ClFN. The Morgan fingerprint density at radius 3 is 2.71 bits per heavy atom. The minimum Gasteiger partial charge on any atom is -0.314 e. The van der Waals surface area contributed by atoms with Crippen molar-refractivity contribution in [2.24, 2.45) is 17.8 Å². The molecule has 1 aliphatic carbocycles. The molecule has 1 aliphatic rings. The maximum atomic E-state index is 13.6. The number of halogens is 2. The van der Waals surface area contributed by atoms with Gasteiger partial charge < -0.3 is 5.32 Å². The van der Waals surface area contributed by atoms with Crippen LogP contribution in [0.25, 0.3) is 0 Å². The van der Waals surface area contributed by atoms with Gasteiger partial charge in [-0.1, -0.05) is 38.4 Å². The number of hydrogen-bond donors (Lipinski definition) is 1. The van der Waals surface area contributed by atoms with E-state index in [0.29, 0.717) is 12.0 Å². The molecule has 1 saturated carbocycles. The van der Waals surface area contributed by atoms with Crippen molar-refractivity contribution in [3.63, 3.8) is 0 Å². The largest absolute Gasteiger partial charge is 0.314 e. The van der Waals surface area contributed by atoms with Gasteiger partial charge in [-0.2, -0.15) is 0 Å². The van der Waals surface area contributed by atoms with E-state index in [0.717, 1.165) is 30.4 Å². The SMILES string of the molecule is CCNC1CCC(C(C)C)CC1Cc1ccc(Cl)c(F)c1. The second-order valence-corrected chi connectivity index (χ2v) is 7.10. The standard InChI is InChI=1S/C18H27ClFN/c1-4-21-18-8-6-14(12(2)3)11-15(18)9-13-5-7-16(19)17(20)10-13/h5,7,10,12,14-15,18,21H,4,6,8-9,11H2,1-3H3. The van der Waals surface area contributed by atoms with E-state index in [4.69, 9.17) is 11.6 Å². The highest BCUT2D eigenvalue weighted by Crippen LogP contribution is 2.36. The maximum absolute atomic E-state index is 13.6. The molecule has 3 unspecified atom stereocenters. The van der Waals surface area contributed by atoms with Crippen molar-refractivity contribution in [2.75, 3.05) is 6.54 Å². The molecule has 0 spiro atoms. The first-order chi connectivity index (χ1) is 10.0. The van der Waals surface area contributed by atoms with Crippen LogP contribution in [-0.4, -0.2) is 12.6 Å². The Labute approximate surface area is 133 Å². The highest BCUT2D eigenvalue weighted by Gasteiger charge is 2.31. The quantitative estimate of drug-likeness (QED) is 0.800. The topological polar surface area (TPSA) is 12.0 Å². The van der Waals surface area contributed by atoms with Gasteiger partial charge in [-0.25, -0.2) is 4.39 Å². The third-order valence-corrected chi connectivity index (χ3v) is 5.22. The summed E-state index contributed by atoms with van der Waals surface area (Å²) in [6.07, 6.45) is 4.72. The van der Waals surface area contributed by atoms with E-state index >= 15 is 0 Å². The Morgan fingerprint density at radius 2 is 2.10 bits per heavy atom. The van der Waals surface area contributed by atoms with E-state index in [1.165, 1.54) is 19.3 Å². The number of rotatable bonds is 5. The van der Waals surface area contributed by atoms with Crippen LogP contribution in [0, 0.1) is 23.6 Å². The van der Waals surface area contributed by atoms with Crippen molar-refractivity contribution in [3.8, 4) is 0 Å². The normalized spacial score (nSPS) is 26.3. The first-order valence-electron chi connectivity index (χ1n) is 8.18. The Kier molecular flexibility index (Phi) is 6.07. The van der Waals surface area contributed by atoms with Gasteiger partial charge >= 0.3 is 0 Å². The molecule has 21 heavy (non-hydrogen) atoms. The van der Waals surface area contributed by atoms with Gasteiger partial charge in [0.25, 0.3) is 0 Å². The summed E-state index contributed by atoms with van der Waals surface area (Å²) in [6, 6.07) is 5.80. The summed E-state index contributed by atoms with van der Waals surface area (Å²) in [5.41, 5.74) is 1.06. The van der Waals surface area contributed by atoms with Gasteiger partial charge in [0.05, 0.1) is 5.02 Å². The smallest absolute Gasteiger partial charge is 0.142 e. The number of hydrogen-bond acceptors (Lipinski definition) is 1. The minimum atomic E-state index is -0.301. The molecule has 1 N–H and O–H groups in total. The summed E-state index contributed by atoms with van der Waals surface area (Å²) >= 11 is 5.78. The number of nitrogens with one attached hydrogen (secondary N) is 1. The molecule has 0 aliphatic heterocycles. The third kappa shape index (κ3) is 4.43. The summed E-state index contributed by atoms with van der Waals surface area (Å²) in [7, 11) is 0. The second kappa shape index (κ2) is 7.60. The molecule has 0 saturated heterocycles. The molecule has 0 aromatic heterocycles. The average molecular weight is 312 g/mol. The van der Waals surface area contributed by atoms with Gasteiger partial charge in [0, 0.05) is 6.04 Å². The average Bonchev–Trinajstić information content (AvgIpc) is 2.45. The summed E-state index contributed by atoms with van der Waals surface area (Å²) in [6.45, 7) is 7.80. The van der Waals surface area contributed by atoms with Crippen LogP contribution >= 0.6 is 11.6 Å². The van der Waals surface area contributed by atoms with Crippen LogP contribution in [0.5, 0.6) is 0 Å². The molecular weight excluding hydrogens is 285 g/mol. The Hall–Kier alpha value is -0.600. The lowest BCUT2D eigenvalue weighted by molar-refractivity contribution is 0.169. The highest BCUT2D eigenvalue weighted by atomic mass is 35.5. The van der Waals surface area contributed by atoms with Crippen LogP contribution in [0.4, 0.5) is 4.39 Å². The van der Waals surface area contributed by atoms with Crippen molar-refractivity contribution in [2.45, 2.75) is 52.5 Å². The Morgan fingerprint density at radius 1 is 1.33 bits per heavy atom. The van der Waals surface area contributed by atoms with Gasteiger partial charge in [0.15, 0.2) is 0 Å². The fourth-order valence-electron chi connectivity index (χ4n) is 3.63. The first kappa shape index (κ1) is 16.8. The summed E-state index contributed by atoms with van der Waals surface area (Å²) in [5.74, 6) is 1.82. The second-order valence-electron chi connectivity index (χ2n) is 6.69. The van der Waals surface area contributed by atoms with E-state index in [1.54, 1.807) is 12.1 Å². The first-order valence-corrected chi connectivity index (χ1v) is 8.56. The van der Waals surface area contributed by atoms with Crippen molar-refractivity contribution in [1.29, 1.82) is 0 Å². The molecule has 3 atom stereocenters. The van der Waals surface area contributed by atoms with Gasteiger partial charge in [0.1, 0.15) is 5.82 Å². The highest BCUT2D eigenvalue weighted by molar-refractivity contribution is 6.30. The predicted octanol–water partition coefficient (Wildman–Crippen LogP) is 5.07. The Balaban J connectivity index is 2.09. The monoisotopic (exact) mass is 311 g/mol. The van der Waals surface area contributed by atoms with Crippen LogP contribution in [0.15, 0.2) is 18.2 Å². The molecule has 2 rings (SSSR count). The minimum absolute atomic E-state index is 0.214. The molecule has 0 radical (unpaired) electrons. The van der Waals surface area contributed by atoms with Gasteiger partial charge in [0.2, 0.25) is 0 Å². The van der Waals surface area contributed by atoms with E-state index < -0.39 is 0 Å². The van der Waals surface area contributed by atoms with Crippen LogP contribution in [-0.2, 0) is 6.42 Å². The van der Waals surface area contributed by atoms with E-state index in [9.17, 15) is 4.39 Å². The van der Waals surface area contributed by atoms with Crippen molar-refractivity contribution >= 4 is 11.6 Å². The zero-order chi connectivity index (χ0) is 15.4. The van der Waals surface area contributed by atoms with Crippen LogP contribution < -0.4 is 5.32 Å². The predicted molar refractivity (Wildman–Crippen MR) is 88.2 cm³/mol. The lowest BCUT2D eigenvalue weighted by Crippen LogP contribution is -2.42. The van der Waals surface area contributed by atoms with Gasteiger partial charge in [-0.3, -0.25) is 0 Å². The van der Waals surface area contributed by atoms with E-state index in [-0.39, 0.29) is 10.8 Å². The summed E-state index contributed by atoms with van der Waals surface area (Å²) < 4.78 is 13.6. The summed E-state index contributed by atoms with van der Waals surface area (Å²) in [4.78, 5) is 0. The lowest BCUT2D eigenvalue weighted by Gasteiger charge is -2.38. The van der Waals surface area contributed by atoms with E-state index in [2.05, 4.69) is 26.1 Å². The molecule has 1 nitrogen and oxygen atoms in total. The molecule has 0 amide bonds. The fourth-order valence-corrected chi connectivity index (χ4v) is 3.75. The zero-order valence-corrected chi connectivity index (χ0v) is 14.1.